The minimum Gasteiger partial charge on any atom is -0.411 e. The van der Waals surface area contributed by atoms with Gasteiger partial charge in [-0.25, -0.2) is 4.31 Å². The molecule has 1 fully saturated rings. The van der Waals surface area contributed by atoms with Crippen molar-refractivity contribution in [2.75, 3.05) is 24.2 Å². The van der Waals surface area contributed by atoms with Crippen LogP contribution in [-0.4, -0.2) is 39.3 Å². The van der Waals surface area contributed by atoms with E-state index in [4.69, 9.17) is 39.2 Å². The van der Waals surface area contributed by atoms with Crippen molar-refractivity contribution in [2.24, 2.45) is 0 Å². The molecule has 32 heavy (non-hydrogen) atoms. The van der Waals surface area contributed by atoms with Gasteiger partial charge in [-0.2, -0.15) is 0 Å². The van der Waals surface area contributed by atoms with E-state index in [1.807, 2.05) is 12.1 Å². The van der Waals surface area contributed by atoms with Crippen LogP contribution in [0.25, 0.3) is 11.5 Å². The highest BCUT2D eigenvalue weighted by molar-refractivity contribution is 7.99. The summed E-state index contributed by atoms with van der Waals surface area (Å²) < 4.78 is 6.57. The summed E-state index contributed by atoms with van der Waals surface area (Å²) in [7, 11) is 0. The summed E-state index contributed by atoms with van der Waals surface area (Å²) in [6.45, 7) is 2.26. The number of thioether (sulfide) groups is 1. The molecule has 0 aliphatic carbocycles. The predicted molar refractivity (Wildman–Crippen MR) is 131 cm³/mol. The van der Waals surface area contributed by atoms with Crippen molar-refractivity contribution in [1.29, 1.82) is 0 Å². The largest absolute Gasteiger partial charge is 0.411 e. The van der Waals surface area contributed by atoms with Crippen LogP contribution in [0.3, 0.4) is 0 Å². The van der Waals surface area contributed by atoms with E-state index in [2.05, 4.69) is 32.0 Å². The molecular formula is C21H19Cl3N4O2S2. The molecule has 2 heterocycles. The summed E-state index contributed by atoms with van der Waals surface area (Å²) in [5, 5.41) is 11.2. The number of benzene rings is 2. The van der Waals surface area contributed by atoms with E-state index < -0.39 is 3.79 Å². The Labute approximate surface area is 209 Å². The Morgan fingerprint density at radius 1 is 1.03 bits per heavy atom. The smallest absolute Gasteiger partial charge is 0.277 e. The molecule has 0 radical (unpaired) electrons. The fraction of sp³-hybridized carbons (Fsp3) is 0.286. The molecule has 1 aliphatic rings. The predicted octanol–water partition coefficient (Wildman–Crippen LogP) is 6.40. The average molecular weight is 530 g/mol. The van der Waals surface area contributed by atoms with Crippen molar-refractivity contribution in [3.8, 4) is 11.5 Å². The molecule has 6 nitrogen and oxygen atoms in total. The number of halogens is 3. The Morgan fingerprint density at radius 3 is 2.38 bits per heavy atom. The van der Waals surface area contributed by atoms with Crippen molar-refractivity contribution in [3.05, 3.63) is 54.1 Å². The normalized spacial score (nSPS) is 14.6. The van der Waals surface area contributed by atoms with E-state index in [9.17, 15) is 4.79 Å². The van der Waals surface area contributed by atoms with Gasteiger partial charge in [0.1, 0.15) is 0 Å². The van der Waals surface area contributed by atoms with Crippen molar-refractivity contribution < 1.29 is 9.21 Å². The molecule has 4 rings (SSSR count). The van der Waals surface area contributed by atoms with Crippen molar-refractivity contribution >= 4 is 70.1 Å². The molecule has 0 bridgehead atoms. The molecule has 1 aromatic heterocycles. The van der Waals surface area contributed by atoms with Gasteiger partial charge in [-0.3, -0.25) is 4.79 Å². The van der Waals surface area contributed by atoms with E-state index >= 15 is 0 Å². The zero-order valence-corrected chi connectivity index (χ0v) is 20.7. The first-order valence-corrected chi connectivity index (χ1v) is 12.7. The summed E-state index contributed by atoms with van der Waals surface area (Å²) in [5.74, 6) is 0.340. The molecule has 3 aromatic rings. The first-order chi connectivity index (χ1) is 15.4. The Bertz CT molecular complexity index is 1050. The summed E-state index contributed by atoms with van der Waals surface area (Å²) in [6, 6.07) is 14.7. The van der Waals surface area contributed by atoms with Gasteiger partial charge in [-0.1, -0.05) is 58.7 Å². The molecule has 0 spiro atoms. The molecule has 11 heteroatoms. The lowest BCUT2D eigenvalue weighted by molar-refractivity contribution is -0.113. The molecule has 0 saturated carbocycles. The Balaban J connectivity index is 1.28. The van der Waals surface area contributed by atoms with E-state index in [0.29, 0.717) is 22.4 Å². The number of hydrogen-bond donors (Lipinski definition) is 1. The minimum absolute atomic E-state index is 0.124. The molecule has 168 valence electrons. The molecule has 1 saturated heterocycles. The first-order valence-electron chi connectivity index (χ1n) is 9.83. The van der Waals surface area contributed by atoms with E-state index in [0.717, 1.165) is 18.7 Å². The van der Waals surface area contributed by atoms with Crippen LogP contribution >= 0.6 is 58.5 Å². The van der Waals surface area contributed by atoms with E-state index in [-0.39, 0.29) is 11.7 Å². The number of aromatic nitrogens is 2. The number of alkyl halides is 3. The highest BCUT2D eigenvalue weighted by Crippen LogP contribution is 2.38. The fourth-order valence-electron chi connectivity index (χ4n) is 3.04. The topological polar surface area (TPSA) is 71.3 Å². The number of carbonyl (C=O) groups excluding carboxylic acids is 1. The number of amides is 1. The van der Waals surface area contributed by atoms with Crippen LogP contribution < -0.4 is 5.32 Å². The summed E-state index contributed by atoms with van der Waals surface area (Å²) in [6.07, 6.45) is 2.52. The summed E-state index contributed by atoms with van der Waals surface area (Å²) in [4.78, 5) is 13.4. The van der Waals surface area contributed by atoms with Gasteiger partial charge in [-0.15, -0.1) is 10.2 Å². The average Bonchev–Trinajstić information content (AvgIpc) is 3.45. The lowest BCUT2D eigenvalue weighted by Gasteiger charge is -2.12. The Morgan fingerprint density at radius 2 is 1.72 bits per heavy atom. The number of anilines is 1. The lowest BCUT2D eigenvalue weighted by atomic mass is 10.2. The monoisotopic (exact) mass is 528 g/mol. The van der Waals surface area contributed by atoms with Gasteiger partial charge < -0.3 is 9.73 Å². The van der Waals surface area contributed by atoms with Crippen LogP contribution in [-0.2, 0) is 8.59 Å². The van der Waals surface area contributed by atoms with Crippen LogP contribution in [0, 0.1) is 0 Å². The van der Waals surface area contributed by atoms with Crippen molar-refractivity contribution in [1.82, 2.24) is 14.5 Å². The molecule has 1 amide bonds. The number of carbonyl (C=O) groups is 1. The van der Waals surface area contributed by atoms with Gasteiger partial charge in [0.2, 0.25) is 15.6 Å². The van der Waals surface area contributed by atoms with Crippen LogP contribution in [0.15, 0.2) is 63.1 Å². The summed E-state index contributed by atoms with van der Waals surface area (Å²) in [5.41, 5.74) is 1.97. The number of hydrogen-bond acceptors (Lipinski definition) is 7. The van der Waals surface area contributed by atoms with E-state index in [1.165, 1.54) is 29.5 Å². The van der Waals surface area contributed by atoms with Gasteiger partial charge >= 0.3 is 0 Å². The number of nitrogens with zero attached hydrogens (tertiary/aromatic N) is 3. The molecule has 0 atom stereocenters. The number of nitrogens with one attached hydrogen (secondary N) is 1. The third-order valence-electron chi connectivity index (χ3n) is 4.63. The van der Waals surface area contributed by atoms with E-state index in [1.54, 1.807) is 36.2 Å². The third-order valence-corrected chi connectivity index (χ3v) is 7.21. The minimum atomic E-state index is -1.50. The zero-order chi connectivity index (χ0) is 22.6. The maximum atomic E-state index is 12.2. The third kappa shape index (κ3) is 6.56. The quantitative estimate of drug-likeness (QED) is 0.216. The van der Waals surface area contributed by atoms with Crippen LogP contribution in [0.5, 0.6) is 0 Å². The van der Waals surface area contributed by atoms with Crippen LogP contribution in [0.1, 0.15) is 18.4 Å². The van der Waals surface area contributed by atoms with Crippen molar-refractivity contribution in [2.45, 2.75) is 26.8 Å². The van der Waals surface area contributed by atoms with Gasteiger partial charge in [0, 0.05) is 34.8 Å². The molecule has 1 aliphatic heterocycles. The highest BCUT2D eigenvalue weighted by Gasteiger charge is 2.22. The van der Waals surface area contributed by atoms with Crippen LogP contribution in [0.4, 0.5) is 5.69 Å². The molecule has 2 aromatic carbocycles. The lowest BCUT2D eigenvalue weighted by Crippen LogP contribution is -2.14. The number of rotatable bonds is 7. The van der Waals surface area contributed by atoms with Gasteiger partial charge in [-0.05, 0) is 61.2 Å². The zero-order valence-electron chi connectivity index (χ0n) is 16.8. The molecule has 1 N–H and O–H groups in total. The molecular weight excluding hydrogens is 511 g/mol. The van der Waals surface area contributed by atoms with Gasteiger partial charge in [0.15, 0.2) is 0 Å². The maximum absolute atomic E-state index is 12.2. The second-order valence-electron chi connectivity index (χ2n) is 7.04. The Kier molecular flexibility index (Phi) is 7.91. The SMILES string of the molecule is O=C(CSc1nnc(-c2ccc(SN3CCCC3)cc2)o1)Nc1ccc(C(Cl)(Cl)Cl)cc1. The van der Waals surface area contributed by atoms with Gasteiger partial charge in [0.25, 0.3) is 5.22 Å². The van der Waals surface area contributed by atoms with Crippen LogP contribution in [0.2, 0.25) is 0 Å². The molecule has 0 unspecified atom stereocenters. The van der Waals surface area contributed by atoms with Gasteiger partial charge in [0.05, 0.1) is 5.75 Å². The first kappa shape index (κ1) is 23.7. The van der Waals surface area contributed by atoms with Crippen molar-refractivity contribution in [3.63, 3.8) is 0 Å². The second-order valence-corrected chi connectivity index (χ2v) is 11.4. The second kappa shape index (κ2) is 10.7. The summed E-state index contributed by atoms with van der Waals surface area (Å²) >= 11 is 20.5. The highest BCUT2D eigenvalue weighted by atomic mass is 35.6. The Hall–Kier alpha value is -1.42. The fourth-order valence-corrected chi connectivity index (χ4v) is 4.98. The maximum Gasteiger partial charge on any atom is 0.277 e. The standard InChI is InChI=1S/C21H19Cl3N4O2S2/c22-21(23,24)15-5-7-16(8-6-15)25-18(29)13-31-20-27-26-19(30-20)14-3-9-17(10-4-14)32-28-11-1-2-12-28/h3-10H,1-2,11-13H2,(H,25,29).